The molecule has 108 valence electrons. The summed E-state index contributed by atoms with van der Waals surface area (Å²) < 4.78 is 0. The van der Waals surface area contributed by atoms with Crippen LogP contribution in [0.2, 0.25) is 0 Å². The topological polar surface area (TPSA) is 127 Å². The van der Waals surface area contributed by atoms with E-state index < -0.39 is 11.8 Å². The van der Waals surface area contributed by atoms with Gasteiger partial charge in [-0.3, -0.25) is 9.59 Å². The third-order valence-corrected chi connectivity index (χ3v) is 2.34. The van der Waals surface area contributed by atoms with Crippen molar-refractivity contribution in [3.05, 3.63) is 59.7 Å². The van der Waals surface area contributed by atoms with E-state index in [2.05, 4.69) is 0 Å². The number of amides is 2. The molecule has 6 nitrogen and oxygen atoms in total. The van der Waals surface area contributed by atoms with Crippen LogP contribution in [0.4, 0.5) is 0 Å². The minimum Gasteiger partial charge on any atom is -0.507 e. The Morgan fingerprint density at radius 1 is 0.714 bits per heavy atom. The van der Waals surface area contributed by atoms with E-state index in [0.29, 0.717) is 0 Å². The predicted molar refractivity (Wildman–Crippen MR) is 79.0 cm³/mol. The Bertz CT molecular complexity index is 576. The van der Waals surface area contributed by atoms with E-state index in [9.17, 15) is 9.59 Å². The van der Waals surface area contributed by atoms with E-state index in [-0.39, 0.29) is 49.9 Å². The van der Waals surface area contributed by atoms with Crippen LogP contribution in [-0.2, 0) is 0 Å². The maximum atomic E-state index is 10.5. The molecular formula is C14H14N2O4Pb. The van der Waals surface area contributed by atoms with Gasteiger partial charge in [-0.05, 0) is 24.3 Å². The van der Waals surface area contributed by atoms with Gasteiger partial charge in [0.1, 0.15) is 11.5 Å². The molecule has 2 rings (SSSR count). The second-order valence-electron chi connectivity index (χ2n) is 3.76. The number of benzene rings is 2. The standard InChI is InChI=1S/2C7H7NO2.Pb/c2*8-7(10)5-3-1-2-4-6(5)9;/h2*1-4,9H,(H2,8,10);. The van der Waals surface area contributed by atoms with Gasteiger partial charge in [-0.15, -0.1) is 0 Å². The molecule has 0 unspecified atom stereocenters. The summed E-state index contributed by atoms with van der Waals surface area (Å²) in [5, 5.41) is 18.0. The molecule has 0 fully saturated rings. The molecule has 0 saturated heterocycles. The van der Waals surface area contributed by atoms with Crippen molar-refractivity contribution in [3.8, 4) is 11.5 Å². The fourth-order valence-corrected chi connectivity index (χ4v) is 1.36. The summed E-state index contributed by atoms with van der Waals surface area (Å²) in [7, 11) is 0. The second kappa shape index (κ2) is 8.95. The van der Waals surface area contributed by atoms with Crippen LogP contribution in [0.15, 0.2) is 48.5 Å². The van der Waals surface area contributed by atoms with Gasteiger partial charge >= 0.3 is 0 Å². The first-order chi connectivity index (χ1) is 9.43. The molecule has 7 heteroatoms. The van der Waals surface area contributed by atoms with Crippen molar-refractivity contribution in [1.29, 1.82) is 0 Å². The molecule has 4 radical (unpaired) electrons. The Morgan fingerprint density at radius 2 is 1.00 bits per heavy atom. The van der Waals surface area contributed by atoms with Gasteiger partial charge in [-0.1, -0.05) is 24.3 Å². The summed E-state index contributed by atoms with van der Waals surface area (Å²) in [6, 6.07) is 12.3. The molecule has 0 spiro atoms. The average molecular weight is 481 g/mol. The summed E-state index contributed by atoms with van der Waals surface area (Å²) in [4.78, 5) is 21.0. The molecule has 2 aromatic rings. The fraction of sp³-hybridized carbons (Fsp3) is 0. The molecule has 0 aliphatic carbocycles. The van der Waals surface area contributed by atoms with Crippen LogP contribution in [0.3, 0.4) is 0 Å². The maximum absolute atomic E-state index is 10.5. The Hall–Kier alpha value is -2.10. The van der Waals surface area contributed by atoms with Crippen molar-refractivity contribution in [2.24, 2.45) is 11.5 Å². The van der Waals surface area contributed by atoms with Gasteiger partial charge in [0.05, 0.1) is 11.1 Å². The molecule has 0 aliphatic rings. The quantitative estimate of drug-likeness (QED) is 0.469. The Labute approximate surface area is 141 Å². The Kier molecular flexibility index (Phi) is 8.06. The van der Waals surface area contributed by atoms with Gasteiger partial charge in [0.15, 0.2) is 0 Å². The van der Waals surface area contributed by atoms with Crippen molar-refractivity contribution >= 4 is 39.1 Å². The minimum absolute atomic E-state index is 0. The molecule has 0 bridgehead atoms. The number of para-hydroxylation sites is 2. The van der Waals surface area contributed by atoms with Crippen molar-refractivity contribution in [1.82, 2.24) is 0 Å². The Balaban J connectivity index is 0.000000364. The zero-order chi connectivity index (χ0) is 15.1. The third-order valence-electron chi connectivity index (χ3n) is 2.34. The molecule has 0 aromatic heterocycles. The van der Waals surface area contributed by atoms with Crippen LogP contribution in [-0.4, -0.2) is 49.3 Å². The van der Waals surface area contributed by atoms with E-state index in [0.717, 1.165) is 0 Å². The zero-order valence-corrected chi connectivity index (χ0v) is 14.9. The van der Waals surface area contributed by atoms with E-state index in [1.807, 2.05) is 0 Å². The number of carbonyl (C=O) groups excluding carboxylic acids is 2. The summed E-state index contributed by atoms with van der Waals surface area (Å²) in [5.41, 5.74) is 10.1. The van der Waals surface area contributed by atoms with Gasteiger partial charge < -0.3 is 21.7 Å². The van der Waals surface area contributed by atoms with Gasteiger partial charge in [-0.25, -0.2) is 0 Å². The van der Waals surface area contributed by atoms with Crippen LogP contribution in [0, 0.1) is 0 Å². The maximum Gasteiger partial charge on any atom is 0.252 e. The first-order valence-corrected chi connectivity index (χ1v) is 5.59. The van der Waals surface area contributed by atoms with E-state index >= 15 is 0 Å². The number of phenols is 2. The number of primary amides is 2. The van der Waals surface area contributed by atoms with Crippen molar-refractivity contribution in [2.75, 3.05) is 0 Å². The van der Waals surface area contributed by atoms with E-state index in [1.165, 1.54) is 24.3 Å². The van der Waals surface area contributed by atoms with Gasteiger partial charge in [0, 0.05) is 27.3 Å². The molecule has 0 atom stereocenters. The number of carbonyl (C=O) groups is 2. The monoisotopic (exact) mass is 482 g/mol. The minimum atomic E-state index is -0.613. The van der Waals surface area contributed by atoms with Gasteiger partial charge in [-0.2, -0.15) is 0 Å². The molecule has 21 heavy (non-hydrogen) atoms. The first kappa shape index (κ1) is 18.9. The third kappa shape index (κ3) is 5.81. The largest absolute Gasteiger partial charge is 0.507 e. The summed E-state index contributed by atoms with van der Waals surface area (Å²) in [5.74, 6) is -1.37. The van der Waals surface area contributed by atoms with Crippen molar-refractivity contribution in [3.63, 3.8) is 0 Å². The smallest absolute Gasteiger partial charge is 0.252 e. The number of hydrogen-bond acceptors (Lipinski definition) is 4. The summed E-state index contributed by atoms with van der Waals surface area (Å²) in [6.07, 6.45) is 0. The second-order valence-corrected chi connectivity index (χ2v) is 3.76. The van der Waals surface area contributed by atoms with Crippen LogP contribution < -0.4 is 11.5 Å². The first-order valence-electron chi connectivity index (χ1n) is 5.59. The van der Waals surface area contributed by atoms with E-state index in [1.54, 1.807) is 24.3 Å². The molecule has 0 heterocycles. The number of rotatable bonds is 2. The molecule has 2 aromatic carbocycles. The van der Waals surface area contributed by atoms with Crippen molar-refractivity contribution < 1.29 is 19.8 Å². The normalized spacial score (nSPS) is 8.76. The molecule has 2 amide bonds. The number of hydrogen-bond donors (Lipinski definition) is 4. The Morgan fingerprint density at radius 3 is 1.19 bits per heavy atom. The molecule has 0 aliphatic heterocycles. The fourth-order valence-electron chi connectivity index (χ4n) is 1.36. The van der Waals surface area contributed by atoms with Crippen LogP contribution in [0.25, 0.3) is 0 Å². The van der Waals surface area contributed by atoms with Crippen LogP contribution in [0.5, 0.6) is 11.5 Å². The van der Waals surface area contributed by atoms with Gasteiger partial charge in [0.25, 0.3) is 11.8 Å². The number of aromatic hydroxyl groups is 2. The van der Waals surface area contributed by atoms with Crippen molar-refractivity contribution in [2.45, 2.75) is 0 Å². The van der Waals surface area contributed by atoms with Crippen LogP contribution in [0.1, 0.15) is 20.7 Å². The molecule has 0 saturated carbocycles. The van der Waals surface area contributed by atoms with Gasteiger partial charge in [0.2, 0.25) is 0 Å². The summed E-state index contributed by atoms with van der Waals surface area (Å²) >= 11 is 0. The van der Waals surface area contributed by atoms with E-state index in [4.69, 9.17) is 21.7 Å². The summed E-state index contributed by atoms with van der Waals surface area (Å²) in [6.45, 7) is 0. The SMILES string of the molecule is NC(=O)c1ccccc1O.NC(=O)c1ccccc1O.[Pb]. The zero-order valence-electron chi connectivity index (χ0n) is 11.0. The average Bonchev–Trinajstić information content (AvgIpc) is 2.40. The number of nitrogens with two attached hydrogens (primary N) is 2. The molecular weight excluding hydrogens is 467 g/mol. The predicted octanol–water partition coefficient (Wildman–Crippen LogP) is 0.601. The van der Waals surface area contributed by atoms with Crippen LogP contribution >= 0.6 is 0 Å². The molecule has 6 N–H and O–H groups in total.